The van der Waals surface area contributed by atoms with Gasteiger partial charge in [0.2, 0.25) is 11.8 Å². The number of para-hydroxylation sites is 4. The smallest absolute Gasteiger partial charge is 0.200 e. The van der Waals surface area contributed by atoms with Gasteiger partial charge < -0.3 is 28.2 Å². The molecule has 8 nitrogen and oxygen atoms in total. The molecular weight excluding hydrogens is 608 g/mol. The molecule has 0 atom stereocenters. The predicted octanol–water partition coefficient (Wildman–Crippen LogP) is 5.94. The van der Waals surface area contributed by atoms with E-state index in [0.29, 0.717) is 0 Å². The molecule has 4 aromatic rings. The molecule has 0 N–H and O–H groups in total. The highest BCUT2D eigenvalue weighted by Crippen LogP contribution is 2.38. The van der Waals surface area contributed by atoms with Gasteiger partial charge in [-0.25, -0.2) is 9.13 Å². The number of fused-ring (bicyclic) bond motifs is 2. The van der Waals surface area contributed by atoms with Crippen molar-refractivity contribution < 1.29 is 27.6 Å². The fraction of sp³-hybridized carbons (Fsp3) is 0.366. The lowest BCUT2D eigenvalue weighted by Crippen LogP contribution is -2.47. The lowest BCUT2D eigenvalue weighted by atomic mass is 10.2. The summed E-state index contributed by atoms with van der Waals surface area (Å²) in [4.78, 5) is 4.19. The molecule has 2 aromatic carbocycles. The largest absolute Gasteiger partial charge is 0.439 e. The van der Waals surface area contributed by atoms with E-state index in [1.54, 1.807) is 0 Å². The van der Waals surface area contributed by atoms with Crippen molar-refractivity contribution in [3.8, 4) is 11.5 Å². The summed E-state index contributed by atoms with van der Waals surface area (Å²) in [6.07, 6.45) is 16.5. The Kier molecular flexibility index (Phi) is 10.4. The van der Waals surface area contributed by atoms with E-state index in [4.69, 9.17) is 9.47 Å². The minimum atomic E-state index is 0.855. The zero-order chi connectivity index (χ0) is 34.4. The molecule has 0 bridgehead atoms. The van der Waals surface area contributed by atoms with E-state index in [-0.39, 0.29) is 0 Å². The number of benzene rings is 2. The summed E-state index contributed by atoms with van der Waals surface area (Å²) < 4.78 is 18.8. The van der Waals surface area contributed by atoms with Gasteiger partial charge in [-0.1, -0.05) is 24.3 Å². The second-order valence-electron chi connectivity index (χ2n) is 14.8. The number of ether oxygens (including phenoxy) is 2. The Labute approximate surface area is 293 Å². The normalized spacial score (nSPS) is 15.8. The molecule has 0 fully saturated rings. The van der Waals surface area contributed by atoms with E-state index in [0.717, 1.165) is 80.7 Å². The highest BCUT2D eigenvalue weighted by Gasteiger charge is 2.24. The Balaban J connectivity index is 0.877. The molecule has 0 amide bonds. The van der Waals surface area contributed by atoms with Crippen LogP contribution in [0, 0.1) is 0 Å². The molecule has 2 aromatic heterocycles. The molecule has 256 valence electrons. The van der Waals surface area contributed by atoms with Crippen LogP contribution < -0.4 is 28.4 Å². The molecule has 0 saturated heterocycles. The number of aromatic nitrogens is 2. The summed E-state index contributed by atoms with van der Waals surface area (Å²) >= 11 is 0. The summed E-state index contributed by atoms with van der Waals surface area (Å²) in [5.41, 5.74) is 4.48. The maximum absolute atomic E-state index is 6.05. The molecule has 4 heterocycles. The number of anilines is 2. The van der Waals surface area contributed by atoms with Crippen LogP contribution in [0.1, 0.15) is 30.4 Å². The van der Waals surface area contributed by atoms with E-state index >= 15 is 0 Å². The highest BCUT2D eigenvalue weighted by atomic mass is 16.5. The third-order valence-corrected chi connectivity index (χ3v) is 9.84. The molecule has 2 aliphatic heterocycles. The van der Waals surface area contributed by atoms with Crippen LogP contribution >= 0.6 is 0 Å². The molecule has 0 spiro atoms. The Bertz CT molecular complexity index is 1650. The van der Waals surface area contributed by atoms with Crippen LogP contribution in [0.5, 0.6) is 11.5 Å². The van der Waals surface area contributed by atoms with E-state index in [9.17, 15) is 0 Å². The summed E-state index contributed by atoms with van der Waals surface area (Å²) in [7, 11) is 13.6. The van der Waals surface area contributed by atoms with Crippen LogP contribution in [-0.4, -0.2) is 77.4 Å². The van der Waals surface area contributed by atoms with Crippen molar-refractivity contribution in [1.82, 2.24) is 0 Å². The summed E-state index contributed by atoms with van der Waals surface area (Å²) in [6, 6.07) is 25.0. The lowest BCUT2D eigenvalue weighted by molar-refractivity contribution is -0.911. The van der Waals surface area contributed by atoms with Crippen molar-refractivity contribution in [2.24, 2.45) is 0 Å². The topological polar surface area (TPSA) is 32.7 Å². The van der Waals surface area contributed by atoms with Crippen molar-refractivity contribution >= 4 is 23.5 Å². The van der Waals surface area contributed by atoms with Gasteiger partial charge in [0.15, 0.2) is 49.4 Å². The van der Waals surface area contributed by atoms with Gasteiger partial charge in [0.05, 0.1) is 78.6 Å². The Morgan fingerprint density at radius 3 is 1.29 bits per heavy atom. The monoisotopic (exact) mass is 662 g/mol. The van der Waals surface area contributed by atoms with Gasteiger partial charge in [-0.3, -0.25) is 0 Å². The highest BCUT2D eigenvalue weighted by molar-refractivity contribution is 5.71. The van der Waals surface area contributed by atoms with Crippen LogP contribution in [-0.2, 0) is 13.1 Å². The molecule has 8 heteroatoms. The number of pyridine rings is 2. The zero-order valence-electron chi connectivity index (χ0n) is 30.3. The number of aryl methyl sites for hydroxylation is 2. The number of rotatable bonds is 14. The third kappa shape index (κ3) is 8.88. The van der Waals surface area contributed by atoms with E-state index in [2.05, 4.69) is 120 Å². The first-order chi connectivity index (χ1) is 23.6. The number of nitrogens with zero attached hydrogens (tertiary/aromatic N) is 6. The quantitative estimate of drug-likeness (QED) is 0.124. The van der Waals surface area contributed by atoms with Gasteiger partial charge in [-0.15, -0.1) is 0 Å². The molecule has 0 saturated carbocycles. The lowest BCUT2D eigenvalue weighted by Gasteiger charge is -2.33. The molecule has 2 aliphatic rings. The SMILES string of the molecule is CN1/C(=C/c2cc[n+](CCC[N+](C)(C)CCC[N+](C)(C)CCC[n+]3ccc(/C=C4/Oc5ccccc5N4C)cc3)cc2)Oc2ccccc21. The van der Waals surface area contributed by atoms with Crippen molar-refractivity contribution in [3.05, 3.63) is 120 Å². The van der Waals surface area contributed by atoms with E-state index in [1.165, 1.54) is 32.6 Å². The first kappa shape index (κ1) is 34.2. The molecule has 0 aliphatic carbocycles. The van der Waals surface area contributed by atoms with Crippen LogP contribution in [0.15, 0.2) is 109 Å². The van der Waals surface area contributed by atoms with Gasteiger partial charge in [0.1, 0.15) is 0 Å². The first-order valence-electron chi connectivity index (χ1n) is 17.6. The minimum absolute atomic E-state index is 0.855. The average molecular weight is 663 g/mol. The van der Waals surface area contributed by atoms with Crippen LogP contribution in [0.4, 0.5) is 11.4 Å². The van der Waals surface area contributed by atoms with Crippen molar-refractivity contribution in [2.45, 2.75) is 32.4 Å². The van der Waals surface area contributed by atoms with Crippen molar-refractivity contribution in [2.75, 3.05) is 78.3 Å². The second-order valence-corrected chi connectivity index (χ2v) is 14.8. The van der Waals surface area contributed by atoms with Crippen molar-refractivity contribution in [3.63, 3.8) is 0 Å². The van der Waals surface area contributed by atoms with Gasteiger partial charge in [-0.05, 0) is 35.4 Å². The minimum Gasteiger partial charge on any atom is -0.439 e. The molecule has 0 unspecified atom stereocenters. The molecule has 0 radical (unpaired) electrons. The number of quaternary nitrogens is 2. The fourth-order valence-corrected chi connectivity index (χ4v) is 6.72. The molecular formula is C41H54N6O2+4. The predicted molar refractivity (Wildman–Crippen MR) is 198 cm³/mol. The molecule has 49 heavy (non-hydrogen) atoms. The maximum atomic E-state index is 6.05. The van der Waals surface area contributed by atoms with Gasteiger partial charge in [-0.2, -0.15) is 0 Å². The zero-order valence-corrected chi connectivity index (χ0v) is 30.3. The van der Waals surface area contributed by atoms with Gasteiger partial charge in [0.25, 0.3) is 0 Å². The number of hydrogen-bond donors (Lipinski definition) is 0. The van der Waals surface area contributed by atoms with Crippen molar-refractivity contribution in [1.29, 1.82) is 0 Å². The Morgan fingerprint density at radius 2 is 0.898 bits per heavy atom. The van der Waals surface area contributed by atoms with Crippen LogP contribution in [0.25, 0.3) is 12.2 Å². The molecule has 6 rings (SSSR count). The Hall–Kier alpha value is -4.66. The first-order valence-corrected chi connectivity index (χ1v) is 17.6. The van der Waals surface area contributed by atoms with Crippen LogP contribution in [0.2, 0.25) is 0 Å². The van der Waals surface area contributed by atoms with Gasteiger partial charge in [0, 0.05) is 56.9 Å². The van der Waals surface area contributed by atoms with E-state index < -0.39 is 0 Å². The second kappa shape index (κ2) is 14.8. The fourth-order valence-electron chi connectivity index (χ4n) is 6.72. The van der Waals surface area contributed by atoms with Crippen LogP contribution in [0.3, 0.4) is 0 Å². The number of hydrogen-bond acceptors (Lipinski definition) is 4. The Morgan fingerprint density at radius 1 is 0.531 bits per heavy atom. The van der Waals surface area contributed by atoms with E-state index in [1.807, 2.05) is 50.5 Å². The average Bonchev–Trinajstić information content (AvgIpc) is 3.57. The third-order valence-electron chi connectivity index (χ3n) is 9.84. The van der Waals surface area contributed by atoms with Gasteiger partial charge >= 0.3 is 0 Å². The standard InChI is InChI=1S/C41H54N6O2/c1-42-36-14-7-9-16-38(36)48-40(42)32-34-18-24-44(25-19-34)22-11-28-46(3,4)30-13-31-47(5,6)29-12-23-45-26-20-35(21-27-45)33-41-43(2)37-15-8-10-17-39(37)49-41/h7-10,14-21,24-27,32-33H,11-13,22-23,28-31H2,1-6H3/q+4. The summed E-state index contributed by atoms with van der Waals surface area (Å²) in [5, 5.41) is 0. The summed E-state index contributed by atoms with van der Waals surface area (Å²) in [6.45, 7) is 6.78. The maximum Gasteiger partial charge on any atom is 0.200 e. The summed E-state index contributed by atoms with van der Waals surface area (Å²) in [5.74, 6) is 3.53.